The van der Waals surface area contributed by atoms with Crippen LogP contribution in [0.3, 0.4) is 0 Å². The number of hydrogen-bond donors (Lipinski definition) is 3. The van der Waals surface area contributed by atoms with Gasteiger partial charge in [-0.3, -0.25) is 19.7 Å². The van der Waals surface area contributed by atoms with Crippen LogP contribution in [0.1, 0.15) is 25.3 Å². The molecule has 12 nitrogen and oxygen atoms in total. The third-order valence-corrected chi connectivity index (χ3v) is 5.75. The maximum Gasteiger partial charge on any atom is 0.280 e. The maximum atomic E-state index is 13.2. The molecule has 0 spiro atoms. The van der Waals surface area contributed by atoms with Crippen LogP contribution in [0.5, 0.6) is 5.75 Å². The van der Waals surface area contributed by atoms with Crippen LogP contribution >= 0.6 is 12.4 Å². The van der Waals surface area contributed by atoms with Crippen molar-refractivity contribution in [2.24, 2.45) is 0 Å². The van der Waals surface area contributed by atoms with Crippen LogP contribution in [0, 0.1) is 0 Å². The number of rotatable bonds is 13. The Labute approximate surface area is 225 Å². The summed E-state index contributed by atoms with van der Waals surface area (Å²) in [6.07, 6.45) is 1.05. The summed E-state index contributed by atoms with van der Waals surface area (Å²) in [6, 6.07) is 11.6. The van der Waals surface area contributed by atoms with Gasteiger partial charge in [0.25, 0.3) is 11.5 Å². The molecule has 2 aromatic carbocycles. The van der Waals surface area contributed by atoms with E-state index >= 15 is 0 Å². The van der Waals surface area contributed by atoms with Gasteiger partial charge in [0, 0.05) is 30.9 Å². The number of ether oxygens (including phenoxy) is 3. The van der Waals surface area contributed by atoms with E-state index in [1.54, 1.807) is 30.3 Å². The van der Waals surface area contributed by atoms with Gasteiger partial charge in [-0.1, -0.05) is 11.3 Å². The fraction of sp³-hybridized carbons (Fsp3) is 0.400. The lowest BCUT2D eigenvalue weighted by Crippen LogP contribution is -2.45. The Morgan fingerprint density at radius 2 is 1.74 bits per heavy atom. The lowest BCUT2D eigenvalue weighted by atomic mass is 10.1. The molecule has 0 saturated carbocycles. The first-order valence-electron chi connectivity index (χ1n) is 12.1. The number of halogens is 1. The largest absolute Gasteiger partial charge is 0.491 e. The summed E-state index contributed by atoms with van der Waals surface area (Å²) in [7, 11) is 0. The average Bonchev–Trinajstić information content (AvgIpc) is 2.89. The zero-order chi connectivity index (χ0) is 26.0. The molecule has 1 unspecified atom stereocenters. The maximum absolute atomic E-state index is 13.2. The first-order valence-corrected chi connectivity index (χ1v) is 12.1. The Balaban J connectivity index is 0.00000400. The van der Waals surface area contributed by atoms with Crippen molar-refractivity contribution >= 4 is 46.5 Å². The van der Waals surface area contributed by atoms with Crippen molar-refractivity contribution in [2.75, 3.05) is 50.6 Å². The number of anilines is 2. The van der Waals surface area contributed by atoms with Gasteiger partial charge in [-0.05, 0) is 49.2 Å². The molecule has 4 rings (SSSR count). The summed E-state index contributed by atoms with van der Waals surface area (Å²) >= 11 is 0. The van der Waals surface area contributed by atoms with Gasteiger partial charge in [0.2, 0.25) is 5.91 Å². The molecule has 1 aliphatic rings. The Morgan fingerprint density at radius 1 is 1.00 bits per heavy atom. The first kappa shape index (κ1) is 28.8. The molecule has 204 valence electrons. The lowest BCUT2D eigenvalue weighted by molar-refractivity contribution is -0.136. The minimum absolute atomic E-state index is 0. The molecule has 1 atom stereocenters. The molecule has 0 bridgehead atoms. The fourth-order valence-electron chi connectivity index (χ4n) is 3.87. The van der Waals surface area contributed by atoms with E-state index in [-0.39, 0.29) is 31.2 Å². The number of benzene rings is 2. The predicted octanol–water partition coefficient (Wildman–Crippen LogP) is 1.69. The summed E-state index contributed by atoms with van der Waals surface area (Å²) in [6.45, 7) is 2.89. The molecule has 13 heteroatoms. The SMILES string of the molecule is Cl.Nc1ccc(OCCOCCOCCCNc2cccc3nnn(C4CCC(=O)NC4=O)c(=O)c23)cc1. The Morgan fingerprint density at radius 3 is 2.50 bits per heavy atom. The topological polar surface area (TPSA) is 160 Å². The molecule has 0 aliphatic carbocycles. The van der Waals surface area contributed by atoms with E-state index in [0.29, 0.717) is 68.3 Å². The first-order chi connectivity index (χ1) is 18.0. The molecular weight excluding hydrogens is 516 g/mol. The second-order valence-electron chi connectivity index (χ2n) is 8.43. The number of fused-ring (bicyclic) bond motifs is 1. The highest BCUT2D eigenvalue weighted by Crippen LogP contribution is 2.20. The zero-order valence-electron chi connectivity index (χ0n) is 20.8. The highest BCUT2D eigenvalue weighted by atomic mass is 35.5. The van der Waals surface area contributed by atoms with Gasteiger partial charge in [-0.25, -0.2) is 0 Å². The number of hydrogen-bond acceptors (Lipinski definition) is 10. The quantitative estimate of drug-likeness (QED) is 0.163. The molecule has 38 heavy (non-hydrogen) atoms. The highest BCUT2D eigenvalue weighted by molar-refractivity contribution is 5.99. The van der Waals surface area contributed by atoms with Crippen molar-refractivity contribution in [1.29, 1.82) is 0 Å². The molecule has 1 aliphatic heterocycles. The highest BCUT2D eigenvalue weighted by Gasteiger charge is 2.30. The summed E-state index contributed by atoms with van der Waals surface area (Å²) in [5, 5.41) is 13.9. The normalized spacial score (nSPS) is 15.1. The molecule has 1 saturated heterocycles. The molecule has 1 fully saturated rings. The van der Waals surface area contributed by atoms with Crippen molar-refractivity contribution in [2.45, 2.75) is 25.3 Å². The molecule has 3 aromatic rings. The van der Waals surface area contributed by atoms with E-state index in [0.717, 1.165) is 10.4 Å². The van der Waals surface area contributed by atoms with E-state index in [4.69, 9.17) is 19.9 Å². The van der Waals surface area contributed by atoms with Crippen molar-refractivity contribution in [3.8, 4) is 5.75 Å². The third-order valence-electron chi connectivity index (χ3n) is 5.75. The number of nitrogens with one attached hydrogen (secondary N) is 2. The second kappa shape index (κ2) is 14.3. The van der Waals surface area contributed by atoms with Crippen molar-refractivity contribution < 1.29 is 23.8 Å². The van der Waals surface area contributed by atoms with Gasteiger partial charge in [-0.2, -0.15) is 4.68 Å². The van der Waals surface area contributed by atoms with Gasteiger partial charge in [0.15, 0.2) is 0 Å². The Hall–Kier alpha value is -3.74. The van der Waals surface area contributed by atoms with Gasteiger partial charge in [-0.15, -0.1) is 17.5 Å². The zero-order valence-corrected chi connectivity index (χ0v) is 21.6. The van der Waals surface area contributed by atoms with Crippen LogP contribution in [0.4, 0.5) is 11.4 Å². The average molecular weight is 547 g/mol. The number of amides is 2. The van der Waals surface area contributed by atoms with E-state index in [1.807, 2.05) is 12.1 Å². The van der Waals surface area contributed by atoms with E-state index in [2.05, 4.69) is 20.9 Å². The van der Waals surface area contributed by atoms with Crippen molar-refractivity contribution in [3.63, 3.8) is 0 Å². The Kier molecular flexibility index (Phi) is 10.8. The second-order valence-corrected chi connectivity index (χ2v) is 8.43. The van der Waals surface area contributed by atoms with Gasteiger partial charge < -0.3 is 25.3 Å². The lowest BCUT2D eigenvalue weighted by Gasteiger charge is -2.21. The molecule has 0 radical (unpaired) electrons. The Bertz CT molecular complexity index is 1290. The number of carbonyl (C=O) groups excluding carboxylic acids is 2. The number of carbonyl (C=O) groups is 2. The minimum atomic E-state index is -0.866. The number of nitrogens with two attached hydrogens (primary N) is 1. The molecule has 2 heterocycles. The summed E-state index contributed by atoms with van der Waals surface area (Å²) in [4.78, 5) is 36.8. The summed E-state index contributed by atoms with van der Waals surface area (Å²) in [5.41, 5.74) is 6.92. The fourth-order valence-corrected chi connectivity index (χ4v) is 3.87. The molecule has 4 N–H and O–H groups in total. The summed E-state index contributed by atoms with van der Waals surface area (Å²) in [5.74, 6) is -0.162. The number of nitrogens with zero attached hydrogens (tertiary/aromatic N) is 3. The number of piperidine rings is 1. The van der Waals surface area contributed by atoms with E-state index in [9.17, 15) is 14.4 Å². The van der Waals surface area contributed by atoms with Gasteiger partial charge >= 0.3 is 0 Å². The number of aromatic nitrogens is 3. The van der Waals surface area contributed by atoms with Crippen LogP contribution in [-0.2, 0) is 19.1 Å². The van der Waals surface area contributed by atoms with E-state index in [1.165, 1.54) is 0 Å². The number of nitrogen functional groups attached to an aromatic ring is 1. The molecular formula is C25H31ClN6O6. The number of imide groups is 1. The monoisotopic (exact) mass is 546 g/mol. The van der Waals surface area contributed by atoms with Crippen LogP contribution in [0.2, 0.25) is 0 Å². The van der Waals surface area contributed by atoms with Crippen LogP contribution in [0.25, 0.3) is 10.9 Å². The molecule has 2 amide bonds. The summed E-state index contributed by atoms with van der Waals surface area (Å²) < 4.78 is 17.7. The third kappa shape index (κ3) is 7.63. The smallest absolute Gasteiger partial charge is 0.280 e. The van der Waals surface area contributed by atoms with Crippen LogP contribution in [-0.4, -0.2) is 66.4 Å². The van der Waals surface area contributed by atoms with Crippen LogP contribution < -0.4 is 26.7 Å². The van der Waals surface area contributed by atoms with Crippen LogP contribution in [0.15, 0.2) is 47.3 Å². The van der Waals surface area contributed by atoms with Crippen molar-refractivity contribution in [3.05, 3.63) is 52.8 Å². The predicted molar refractivity (Wildman–Crippen MR) is 144 cm³/mol. The van der Waals surface area contributed by atoms with Gasteiger partial charge in [0.1, 0.15) is 23.9 Å². The van der Waals surface area contributed by atoms with Crippen molar-refractivity contribution in [1.82, 2.24) is 20.3 Å². The standard InChI is InChI=1S/C25H30N6O6.ClH/c26-17-5-7-18(8-6-17)37-16-15-36-14-13-35-12-2-11-27-19-3-1-4-20-23(19)25(34)31(30-29-20)21-9-10-22(32)28-24(21)33;/h1,3-8,21,27H,2,9-16,26H2,(H,28,32,33);1H. The molecule has 1 aromatic heterocycles. The van der Waals surface area contributed by atoms with Gasteiger partial charge in [0.05, 0.1) is 25.2 Å². The van der Waals surface area contributed by atoms with E-state index < -0.39 is 17.5 Å². The minimum Gasteiger partial charge on any atom is -0.491 e.